The Morgan fingerprint density at radius 3 is 2.68 bits per heavy atom. The molecule has 1 heterocycles. The first-order chi connectivity index (χ1) is 10.8. The molecule has 22 heavy (non-hydrogen) atoms. The number of imidazole rings is 1. The van der Waals surface area contributed by atoms with Crippen molar-refractivity contribution in [3.8, 4) is 0 Å². The van der Waals surface area contributed by atoms with Gasteiger partial charge in [0.05, 0.1) is 19.5 Å². The van der Waals surface area contributed by atoms with Crippen LogP contribution in [0.25, 0.3) is 0 Å². The molecule has 0 aliphatic carbocycles. The van der Waals surface area contributed by atoms with Crippen molar-refractivity contribution in [2.75, 3.05) is 0 Å². The van der Waals surface area contributed by atoms with E-state index < -0.39 is 0 Å². The summed E-state index contributed by atoms with van der Waals surface area (Å²) in [6.07, 6.45) is 5.54. The van der Waals surface area contributed by atoms with Gasteiger partial charge in [-0.2, -0.15) is 0 Å². The summed E-state index contributed by atoms with van der Waals surface area (Å²) in [7, 11) is 0. The Hall–Kier alpha value is -1.91. The molecule has 1 atom stereocenters. The Morgan fingerprint density at radius 1 is 1.09 bits per heavy atom. The van der Waals surface area contributed by atoms with Crippen molar-refractivity contribution in [3.63, 3.8) is 0 Å². The lowest BCUT2D eigenvalue weighted by Gasteiger charge is -2.19. The molecule has 3 aromatic rings. The number of rotatable bonds is 6. The van der Waals surface area contributed by atoms with Crippen LogP contribution in [-0.4, -0.2) is 9.55 Å². The molecule has 0 bridgehead atoms. The van der Waals surface area contributed by atoms with E-state index in [2.05, 4.69) is 45.2 Å². The molecule has 0 N–H and O–H groups in total. The van der Waals surface area contributed by atoms with Crippen molar-refractivity contribution >= 4 is 15.9 Å². The zero-order chi connectivity index (χ0) is 15.2. The summed E-state index contributed by atoms with van der Waals surface area (Å²) in [4.78, 5) is 4.10. The highest BCUT2D eigenvalue weighted by Gasteiger charge is 2.13. The lowest BCUT2D eigenvalue weighted by Crippen LogP contribution is -2.12. The van der Waals surface area contributed by atoms with Gasteiger partial charge >= 0.3 is 0 Å². The van der Waals surface area contributed by atoms with Gasteiger partial charge in [-0.1, -0.05) is 58.4 Å². The van der Waals surface area contributed by atoms with Gasteiger partial charge in [0.15, 0.2) is 0 Å². The summed E-state index contributed by atoms with van der Waals surface area (Å²) >= 11 is 3.53. The zero-order valence-electron chi connectivity index (χ0n) is 12.1. The quantitative estimate of drug-likeness (QED) is 0.645. The van der Waals surface area contributed by atoms with Gasteiger partial charge in [-0.3, -0.25) is 0 Å². The number of aromatic nitrogens is 2. The third-order valence-electron chi connectivity index (χ3n) is 3.45. The summed E-state index contributed by atoms with van der Waals surface area (Å²) < 4.78 is 9.27. The predicted octanol–water partition coefficient (Wildman–Crippen LogP) is 4.60. The van der Waals surface area contributed by atoms with Crippen LogP contribution in [0.4, 0.5) is 0 Å². The molecule has 112 valence electrons. The van der Waals surface area contributed by atoms with Crippen molar-refractivity contribution < 1.29 is 4.74 Å². The van der Waals surface area contributed by atoms with Gasteiger partial charge in [0.2, 0.25) is 0 Å². The standard InChI is InChI=1S/C18H17BrN2O/c19-17-8-4-7-16(11-17)18(12-21-10-9-20-14-21)22-13-15-5-2-1-3-6-15/h1-11,14,18H,12-13H2. The van der Waals surface area contributed by atoms with E-state index in [1.54, 1.807) is 6.20 Å². The Bertz CT molecular complexity index is 698. The van der Waals surface area contributed by atoms with E-state index in [4.69, 9.17) is 4.74 Å². The van der Waals surface area contributed by atoms with Crippen LogP contribution in [0.5, 0.6) is 0 Å². The second-order valence-electron chi connectivity index (χ2n) is 5.10. The van der Waals surface area contributed by atoms with E-state index in [0.717, 1.165) is 16.6 Å². The normalized spacial score (nSPS) is 12.2. The first-order valence-electron chi connectivity index (χ1n) is 7.18. The summed E-state index contributed by atoms with van der Waals surface area (Å²) in [5, 5.41) is 0. The molecule has 3 nitrogen and oxygen atoms in total. The van der Waals surface area contributed by atoms with E-state index in [0.29, 0.717) is 6.61 Å². The molecule has 0 spiro atoms. The van der Waals surface area contributed by atoms with Crippen molar-refractivity contribution in [2.45, 2.75) is 19.3 Å². The van der Waals surface area contributed by atoms with E-state index >= 15 is 0 Å². The van der Waals surface area contributed by atoms with Crippen molar-refractivity contribution in [1.82, 2.24) is 9.55 Å². The first-order valence-corrected chi connectivity index (χ1v) is 7.97. The third kappa shape index (κ3) is 4.06. The van der Waals surface area contributed by atoms with Crippen molar-refractivity contribution in [3.05, 3.63) is 88.9 Å². The summed E-state index contributed by atoms with van der Waals surface area (Å²) in [6.45, 7) is 1.33. The van der Waals surface area contributed by atoms with Gasteiger partial charge in [-0.25, -0.2) is 4.98 Å². The molecule has 0 radical (unpaired) electrons. The fourth-order valence-corrected chi connectivity index (χ4v) is 2.74. The van der Waals surface area contributed by atoms with Crippen molar-refractivity contribution in [2.24, 2.45) is 0 Å². The number of halogens is 1. The smallest absolute Gasteiger partial charge is 0.101 e. The van der Waals surface area contributed by atoms with Gasteiger partial charge in [-0.15, -0.1) is 0 Å². The van der Waals surface area contributed by atoms with Crippen LogP contribution in [0, 0.1) is 0 Å². The Balaban J connectivity index is 1.76. The molecular weight excluding hydrogens is 340 g/mol. The maximum Gasteiger partial charge on any atom is 0.101 e. The Kier molecular flexibility index (Phi) is 5.03. The predicted molar refractivity (Wildman–Crippen MR) is 90.3 cm³/mol. The Labute approximate surface area is 138 Å². The van der Waals surface area contributed by atoms with Gasteiger partial charge in [0, 0.05) is 16.9 Å². The molecule has 1 aromatic heterocycles. The van der Waals surface area contributed by atoms with Crippen LogP contribution in [0.1, 0.15) is 17.2 Å². The van der Waals surface area contributed by atoms with Crippen LogP contribution in [0.3, 0.4) is 0 Å². The maximum atomic E-state index is 6.17. The van der Waals surface area contributed by atoms with Crippen LogP contribution < -0.4 is 0 Å². The molecule has 0 fully saturated rings. The van der Waals surface area contributed by atoms with E-state index in [1.807, 2.05) is 47.4 Å². The minimum Gasteiger partial charge on any atom is -0.367 e. The maximum absolute atomic E-state index is 6.17. The number of nitrogens with zero attached hydrogens (tertiary/aromatic N) is 2. The van der Waals surface area contributed by atoms with E-state index in [9.17, 15) is 0 Å². The minimum atomic E-state index is -0.0214. The Morgan fingerprint density at radius 2 is 1.95 bits per heavy atom. The second kappa shape index (κ2) is 7.38. The molecule has 2 aromatic carbocycles. The highest BCUT2D eigenvalue weighted by Crippen LogP contribution is 2.24. The molecule has 4 heteroatoms. The van der Waals surface area contributed by atoms with Crippen LogP contribution >= 0.6 is 15.9 Å². The highest BCUT2D eigenvalue weighted by molar-refractivity contribution is 9.10. The average molecular weight is 357 g/mol. The van der Waals surface area contributed by atoms with Crippen molar-refractivity contribution in [1.29, 1.82) is 0 Å². The molecule has 0 aliphatic heterocycles. The summed E-state index contributed by atoms with van der Waals surface area (Å²) in [5.41, 5.74) is 2.33. The van der Waals surface area contributed by atoms with Crippen LogP contribution in [-0.2, 0) is 17.9 Å². The summed E-state index contributed by atoms with van der Waals surface area (Å²) in [6, 6.07) is 18.5. The van der Waals surface area contributed by atoms with Gasteiger partial charge < -0.3 is 9.30 Å². The molecular formula is C18H17BrN2O. The van der Waals surface area contributed by atoms with Gasteiger partial charge in [0.1, 0.15) is 6.10 Å². The lowest BCUT2D eigenvalue weighted by atomic mass is 10.1. The lowest BCUT2D eigenvalue weighted by molar-refractivity contribution is 0.0279. The molecule has 0 aliphatic rings. The van der Waals surface area contributed by atoms with E-state index in [1.165, 1.54) is 5.56 Å². The number of ether oxygens (including phenoxy) is 1. The SMILES string of the molecule is Brc1cccc(C(Cn2ccnc2)OCc2ccccc2)c1. The van der Waals surface area contributed by atoms with Crippen LogP contribution in [0.15, 0.2) is 77.8 Å². The van der Waals surface area contributed by atoms with Gasteiger partial charge in [-0.05, 0) is 23.3 Å². The van der Waals surface area contributed by atoms with Gasteiger partial charge in [0.25, 0.3) is 0 Å². The fourth-order valence-electron chi connectivity index (χ4n) is 2.32. The average Bonchev–Trinajstić information content (AvgIpc) is 3.05. The number of hydrogen-bond acceptors (Lipinski definition) is 2. The molecule has 0 amide bonds. The third-order valence-corrected chi connectivity index (χ3v) is 3.94. The minimum absolute atomic E-state index is 0.0214. The van der Waals surface area contributed by atoms with Crippen LogP contribution in [0.2, 0.25) is 0 Å². The molecule has 1 unspecified atom stereocenters. The first kappa shape index (κ1) is 15.0. The number of benzene rings is 2. The largest absolute Gasteiger partial charge is 0.367 e. The monoisotopic (exact) mass is 356 g/mol. The molecule has 0 saturated heterocycles. The second-order valence-corrected chi connectivity index (χ2v) is 6.02. The zero-order valence-corrected chi connectivity index (χ0v) is 13.7. The molecule has 3 rings (SSSR count). The fraction of sp³-hybridized carbons (Fsp3) is 0.167. The highest BCUT2D eigenvalue weighted by atomic mass is 79.9. The summed E-state index contributed by atoms with van der Waals surface area (Å²) in [5.74, 6) is 0. The van der Waals surface area contributed by atoms with E-state index in [-0.39, 0.29) is 6.10 Å². The molecule has 0 saturated carbocycles. The number of hydrogen-bond donors (Lipinski definition) is 0. The topological polar surface area (TPSA) is 27.1 Å².